The molecular weight excluding hydrogens is 350 g/mol. The summed E-state index contributed by atoms with van der Waals surface area (Å²) in [6.07, 6.45) is 4.49. The van der Waals surface area contributed by atoms with Gasteiger partial charge in [-0.05, 0) is 44.0 Å². The number of anilines is 1. The molecule has 1 unspecified atom stereocenters. The van der Waals surface area contributed by atoms with Gasteiger partial charge in [0.2, 0.25) is 11.8 Å². The highest BCUT2D eigenvalue weighted by Crippen LogP contribution is 2.27. The maximum atomic E-state index is 12.8. The standard InChI is InChI=1S/C20H29N3O2.ClH/c1-3-4-15-5-7-18(8-6-15)23-14-16(13-19(23)24)20(25)22-11-9-17(21-2)10-12-22;/h5-8,16-17,21H,3-4,9-14H2,1-2H3;1H. The first kappa shape index (κ1) is 20.7. The fourth-order valence-electron chi connectivity index (χ4n) is 3.90. The van der Waals surface area contributed by atoms with E-state index in [1.165, 1.54) is 5.56 Å². The molecule has 0 radical (unpaired) electrons. The van der Waals surface area contributed by atoms with Crippen molar-refractivity contribution in [2.24, 2.45) is 5.92 Å². The molecule has 6 heteroatoms. The number of halogens is 1. The Kier molecular flexibility index (Phi) is 7.47. The molecule has 1 aromatic carbocycles. The minimum Gasteiger partial charge on any atom is -0.342 e. The Morgan fingerprint density at radius 1 is 1.19 bits per heavy atom. The van der Waals surface area contributed by atoms with Crippen molar-refractivity contribution in [1.29, 1.82) is 0 Å². The van der Waals surface area contributed by atoms with Crippen molar-refractivity contribution in [3.05, 3.63) is 29.8 Å². The fraction of sp³-hybridized carbons (Fsp3) is 0.600. The van der Waals surface area contributed by atoms with Crippen LogP contribution < -0.4 is 10.2 Å². The normalized spacial score (nSPS) is 21.0. The summed E-state index contributed by atoms with van der Waals surface area (Å²) < 4.78 is 0. The zero-order chi connectivity index (χ0) is 17.8. The molecule has 1 N–H and O–H groups in total. The highest BCUT2D eigenvalue weighted by molar-refractivity contribution is 6.00. The molecule has 0 aliphatic carbocycles. The van der Waals surface area contributed by atoms with Gasteiger partial charge in [0.05, 0.1) is 5.92 Å². The molecule has 0 saturated carbocycles. The highest BCUT2D eigenvalue weighted by atomic mass is 35.5. The number of hydrogen-bond donors (Lipinski definition) is 1. The minimum atomic E-state index is -0.200. The zero-order valence-corrected chi connectivity index (χ0v) is 16.6. The first-order chi connectivity index (χ1) is 12.1. The Labute approximate surface area is 162 Å². The third-order valence-electron chi connectivity index (χ3n) is 5.48. The SMILES string of the molecule is CCCc1ccc(N2CC(C(=O)N3CCC(NC)CC3)CC2=O)cc1.Cl. The number of rotatable bonds is 5. The second-order valence-corrected chi connectivity index (χ2v) is 7.21. The highest BCUT2D eigenvalue weighted by Gasteiger charge is 2.37. The third kappa shape index (κ3) is 4.57. The van der Waals surface area contributed by atoms with Gasteiger partial charge >= 0.3 is 0 Å². The molecule has 1 aromatic rings. The summed E-state index contributed by atoms with van der Waals surface area (Å²) >= 11 is 0. The molecule has 0 bridgehead atoms. The van der Waals surface area contributed by atoms with Gasteiger partial charge in [0.1, 0.15) is 0 Å². The monoisotopic (exact) mass is 379 g/mol. The quantitative estimate of drug-likeness (QED) is 0.855. The van der Waals surface area contributed by atoms with Crippen LogP contribution in [0.15, 0.2) is 24.3 Å². The van der Waals surface area contributed by atoms with Crippen LogP contribution in [0.4, 0.5) is 5.69 Å². The van der Waals surface area contributed by atoms with Crippen LogP contribution in [0, 0.1) is 5.92 Å². The average molecular weight is 380 g/mol. The van der Waals surface area contributed by atoms with Gasteiger partial charge in [-0.25, -0.2) is 0 Å². The summed E-state index contributed by atoms with van der Waals surface area (Å²) in [7, 11) is 1.97. The van der Waals surface area contributed by atoms with Crippen LogP contribution in [0.2, 0.25) is 0 Å². The van der Waals surface area contributed by atoms with Gasteiger partial charge in [-0.2, -0.15) is 0 Å². The van der Waals surface area contributed by atoms with Crippen molar-refractivity contribution < 1.29 is 9.59 Å². The molecule has 2 fully saturated rings. The van der Waals surface area contributed by atoms with Gasteiger partial charge in [0.15, 0.2) is 0 Å². The van der Waals surface area contributed by atoms with Gasteiger partial charge < -0.3 is 15.1 Å². The van der Waals surface area contributed by atoms with E-state index in [0.717, 1.165) is 44.5 Å². The van der Waals surface area contributed by atoms with E-state index in [0.29, 0.717) is 19.0 Å². The van der Waals surface area contributed by atoms with Crippen LogP contribution in [-0.4, -0.2) is 49.4 Å². The van der Waals surface area contributed by atoms with Gasteiger partial charge in [0.25, 0.3) is 0 Å². The van der Waals surface area contributed by atoms with E-state index in [9.17, 15) is 9.59 Å². The van der Waals surface area contributed by atoms with E-state index in [1.54, 1.807) is 4.90 Å². The second-order valence-electron chi connectivity index (χ2n) is 7.21. The van der Waals surface area contributed by atoms with E-state index >= 15 is 0 Å². The Morgan fingerprint density at radius 3 is 2.42 bits per heavy atom. The van der Waals surface area contributed by atoms with Crippen LogP contribution in [0.5, 0.6) is 0 Å². The number of amides is 2. The summed E-state index contributed by atoms with van der Waals surface area (Å²) in [5.41, 5.74) is 2.20. The Balaban J connectivity index is 0.00000243. The molecular formula is C20H30ClN3O2. The molecule has 2 saturated heterocycles. The average Bonchev–Trinajstić information content (AvgIpc) is 3.04. The molecule has 2 aliphatic heterocycles. The predicted molar refractivity (Wildman–Crippen MR) is 107 cm³/mol. The van der Waals surface area contributed by atoms with Gasteiger partial charge in [-0.1, -0.05) is 25.5 Å². The second kappa shape index (κ2) is 9.38. The summed E-state index contributed by atoms with van der Waals surface area (Å²) in [6, 6.07) is 8.70. The summed E-state index contributed by atoms with van der Waals surface area (Å²) in [5, 5.41) is 3.28. The fourth-order valence-corrected chi connectivity index (χ4v) is 3.90. The van der Waals surface area contributed by atoms with Gasteiger partial charge in [-0.3, -0.25) is 9.59 Å². The van der Waals surface area contributed by atoms with Crippen LogP contribution in [0.3, 0.4) is 0 Å². The first-order valence-corrected chi connectivity index (χ1v) is 9.47. The number of benzene rings is 1. The number of likely N-dealkylation sites (tertiary alicyclic amines) is 1. The number of nitrogens with one attached hydrogen (secondary N) is 1. The molecule has 0 aromatic heterocycles. The lowest BCUT2D eigenvalue weighted by atomic mass is 10.0. The number of carbonyl (C=O) groups excluding carboxylic acids is 2. The van der Waals surface area contributed by atoms with Gasteiger partial charge in [0, 0.05) is 37.8 Å². The number of hydrogen-bond acceptors (Lipinski definition) is 3. The molecule has 1 atom stereocenters. The van der Waals surface area contributed by atoms with Crippen molar-refractivity contribution in [2.75, 3.05) is 31.6 Å². The molecule has 2 heterocycles. The first-order valence-electron chi connectivity index (χ1n) is 9.47. The van der Waals surface area contributed by atoms with Crippen LogP contribution in [0.1, 0.15) is 38.2 Å². The molecule has 0 spiro atoms. The molecule has 2 amide bonds. The lowest BCUT2D eigenvalue weighted by molar-refractivity contribution is -0.136. The topological polar surface area (TPSA) is 52.7 Å². The molecule has 2 aliphatic rings. The molecule has 3 rings (SSSR count). The van der Waals surface area contributed by atoms with E-state index in [-0.39, 0.29) is 30.1 Å². The zero-order valence-electron chi connectivity index (χ0n) is 15.7. The Bertz CT molecular complexity index is 612. The minimum absolute atomic E-state index is 0. The Hall–Kier alpha value is -1.59. The summed E-state index contributed by atoms with van der Waals surface area (Å²) in [4.78, 5) is 28.9. The van der Waals surface area contributed by atoms with E-state index in [1.807, 2.05) is 24.1 Å². The van der Waals surface area contributed by atoms with E-state index < -0.39 is 0 Å². The number of piperidine rings is 1. The summed E-state index contributed by atoms with van der Waals surface area (Å²) in [6.45, 7) is 4.26. The van der Waals surface area contributed by atoms with Crippen molar-refractivity contribution in [3.8, 4) is 0 Å². The van der Waals surface area contributed by atoms with E-state index in [2.05, 4.69) is 24.4 Å². The largest absolute Gasteiger partial charge is 0.342 e. The van der Waals surface area contributed by atoms with Crippen molar-refractivity contribution in [2.45, 2.75) is 45.1 Å². The maximum Gasteiger partial charge on any atom is 0.228 e. The molecule has 26 heavy (non-hydrogen) atoms. The lowest BCUT2D eigenvalue weighted by Gasteiger charge is -2.33. The van der Waals surface area contributed by atoms with E-state index in [4.69, 9.17) is 0 Å². The van der Waals surface area contributed by atoms with Crippen LogP contribution >= 0.6 is 12.4 Å². The van der Waals surface area contributed by atoms with Gasteiger partial charge in [-0.15, -0.1) is 12.4 Å². The van der Waals surface area contributed by atoms with Crippen molar-refractivity contribution in [1.82, 2.24) is 10.2 Å². The third-order valence-corrected chi connectivity index (χ3v) is 5.48. The maximum absolute atomic E-state index is 12.8. The predicted octanol–water partition coefficient (Wildman–Crippen LogP) is 2.62. The van der Waals surface area contributed by atoms with Crippen molar-refractivity contribution in [3.63, 3.8) is 0 Å². The number of carbonyl (C=O) groups is 2. The molecule has 144 valence electrons. The number of nitrogens with zero attached hydrogens (tertiary/aromatic N) is 2. The molecule has 5 nitrogen and oxygen atoms in total. The smallest absolute Gasteiger partial charge is 0.228 e. The van der Waals surface area contributed by atoms with Crippen LogP contribution in [-0.2, 0) is 16.0 Å². The number of aryl methyl sites for hydroxylation is 1. The summed E-state index contributed by atoms with van der Waals surface area (Å²) in [5.74, 6) is 0.00802. The van der Waals surface area contributed by atoms with Crippen molar-refractivity contribution >= 4 is 29.9 Å². The Morgan fingerprint density at radius 2 is 1.85 bits per heavy atom. The lowest BCUT2D eigenvalue weighted by Crippen LogP contribution is -2.46. The van der Waals surface area contributed by atoms with Crippen LogP contribution in [0.25, 0.3) is 0 Å².